The summed E-state index contributed by atoms with van der Waals surface area (Å²) in [4.78, 5) is 34.9. The van der Waals surface area contributed by atoms with E-state index in [0.29, 0.717) is 31.9 Å². The van der Waals surface area contributed by atoms with Gasteiger partial charge in [-0.05, 0) is 31.9 Å². The van der Waals surface area contributed by atoms with Gasteiger partial charge in [0.05, 0.1) is 6.26 Å². The van der Waals surface area contributed by atoms with Crippen LogP contribution in [0.4, 0.5) is 0 Å². The third kappa shape index (κ3) is 5.60. The Balaban J connectivity index is 0.00000261. The van der Waals surface area contributed by atoms with Crippen LogP contribution >= 0.6 is 24.0 Å². The van der Waals surface area contributed by atoms with Crippen LogP contribution in [0.15, 0.2) is 27.8 Å². The number of hydrogen-bond acceptors (Lipinski definition) is 4. The molecule has 0 saturated carbocycles. The van der Waals surface area contributed by atoms with Gasteiger partial charge in [-0.1, -0.05) is 0 Å². The maximum absolute atomic E-state index is 12.3. The Labute approximate surface area is 177 Å². The molecule has 8 nitrogen and oxygen atoms in total. The fourth-order valence-corrected chi connectivity index (χ4v) is 3.31. The molecule has 9 heteroatoms. The Morgan fingerprint density at radius 2 is 1.74 bits per heavy atom. The molecule has 2 fully saturated rings. The van der Waals surface area contributed by atoms with E-state index >= 15 is 0 Å². The van der Waals surface area contributed by atoms with E-state index in [1.165, 1.54) is 6.26 Å². The number of carbonyl (C=O) groups is 2. The predicted octanol–water partition coefficient (Wildman–Crippen LogP) is 1.24. The topological polar surface area (TPSA) is 81.4 Å². The molecule has 0 radical (unpaired) electrons. The maximum Gasteiger partial charge on any atom is 0.289 e. The molecule has 2 aliphatic heterocycles. The largest absolute Gasteiger partial charge is 0.459 e. The molecule has 2 aliphatic rings. The number of rotatable bonds is 4. The highest BCUT2D eigenvalue weighted by Gasteiger charge is 2.25. The van der Waals surface area contributed by atoms with Crippen LogP contribution in [0.3, 0.4) is 0 Å². The third-order valence-electron chi connectivity index (χ3n) is 4.76. The number of furan rings is 1. The average Bonchev–Trinajstić information content (AvgIpc) is 3.38. The first-order chi connectivity index (χ1) is 12.7. The lowest BCUT2D eigenvalue weighted by Gasteiger charge is -2.36. The van der Waals surface area contributed by atoms with E-state index < -0.39 is 0 Å². The molecule has 150 valence electrons. The van der Waals surface area contributed by atoms with Gasteiger partial charge in [-0.25, -0.2) is 4.99 Å². The molecule has 0 atom stereocenters. The molecule has 0 unspecified atom stereocenters. The van der Waals surface area contributed by atoms with Gasteiger partial charge in [0.15, 0.2) is 11.7 Å². The van der Waals surface area contributed by atoms with Crippen molar-refractivity contribution in [3.63, 3.8) is 0 Å². The van der Waals surface area contributed by atoms with Crippen LogP contribution in [0.2, 0.25) is 0 Å². The summed E-state index contributed by atoms with van der Waals surface area (Å²) in [7, 11) is 0. The third-order valence-corrected chi connectivity index (χ3v) is 4.76. The van der Waals surface area contributed by atoms with Crippen LogP contribution < -0.4 is 5.32 Å². The van der Waals surface area contributed by atoms with Crippen LogP contribution in [0, 0.1) is 0 Å². The summed E-state index contributed by atoms with van der Waals surface area (Å²) >= 11 is 0. The van der Waals surface area contributed by atoms with E-state index in [4.69, 9.17) is 4.42 Å². The first-order valence-corrected chi connectivity index (χ1v) is 9.33. The molecule has 2 saturated heterocycles. The molecule has 0 aromatic carbocycles. The van der Waals surface area contributed by atoms with Crippen molar-refractivity contribution in [3.8, 4) is 0 Å². The van der Waals surface area contributed by atoms with Crippen LogP contribution in [0.1, 0.15) is 30.3 Å². The quantitative estimate of drug-likeness (QED) is 0.391. The van der Waals surface area contributed by atoms with E-state index in [0.717, 1.165) is 38.4 Å². The number of guanidine groups is 1. The number of aliphatic imine (C=N–C) groups is 1. The minimum absolute atomic E-state index is 0. The van der Waals surface area contributed by atoms with Crippen molar-refractivity contribution in [2.24, 2.45) is 4.99 Å². The SMILES string of the molecule is CCNC(=NCC(=O)N1CCCC1)N1CCN(C(=O)c2ccco2)CC1.I. The number of nitrogens with one attached hydrogen (secondary N) is 1. The van der Waals surface area contributed by atoms with E-state index in [-0.39, 0.29) is 42.3 Å². The molecule has 1 aromatic rings. The number of hydrogen-bond donors (Lipinski definition) is 1. The smallest absolute Gasteiger partial charge is 0.289 e. The van der Waals surface area contributed by atoms with E-state index in [9.17, 15) is 9.59 Å². The first kappa shape index (κ1) is 21.5. The molecule has 0 bridgehead atoms. The van der Waals surface area contributed by atoms with Crippen molar-refractivity contribution in [2.75, 3.05) is 52.4 Å². The van der Waals surface area contributed by atoms with Crippen LogP contribution in [0.5, 0.6) is 0 Å². The number of piperazine rings is 1. The molecule has 0 aliphatic carbocycles. The molecule has 1 N–H and O–H groups in total. The number of carbonyl (C=O) groups excluding carboxylic acids is 2. The van der Waals surface area contributed by atoms with Crippen molar-refractivity contribution in [1.29, 1.82) is 0 Å². The van der Waals surface area contributed by atoms with Crippen molar-refractivity contribution in [2.45, 2.75) is 19.8 Å². The van der Waals surface area contributed by atoms with Gasteiger partial charge >= 0.3 is 0 Å². The minimum Gasteiger partial charge on any atom is -0.459 e. The van der Waals surface area contributed by atoms with Gasteiger partial charge in [0.2, 0.25) is 5.91 Å². The van der Waals surface area contributed by atoms with E-state index in [1.54, 1.807) is 17.0 Å². The van der Waals surface area contributed by atoms with Gasteiger partial charge in [-0.3, -0.25) is 9.59 Å². The Kier molecular flexibility index (Phi) is 8.39. The minimum atomic E-state index is -0.0826. The van der Waals surface area contributed by atoms with Crippen molar-refractivity contribution < 1.29 is 14.0 Å². The lowest BCUT2D eigenvalue weighted by atomic mass is 10.3. The number of halogens is 1. The lowest BCUT2D eigenvalue weighted by Crippen LogP contribution is -2.54. The fourth-order valence-electron chi connectivity index (χ4n) is 3.31. The Morgan fingerprint density at radius 1 is 1.07 bits per heavy atom. The van der Waals surface area contributed by atoms with Crippen molar-refractivity contribution >= 4 is 41.8 Å². The molecular weight excluding hydrogens is 461 g/mol. The normalized spacial score (nSPS) is 17.7. The number of nitrogens with zero attached hydrogens (tertiary/aromatic N) is 4. The molecular formula is C18H28IN5O3. The molecule has 27 heavy (non-hydrogen) atoms. The highest BCUT2D eigenvalue weighted by Crippen LogP contribution is 2.10. The highest BCUT2D eigenvalue weighted by molar-refractivity contribution is 14.0. The second-order valence-corrected chi connectivity index (χ2v) is 6.51. The van der Waals surface area contributed by atoms with E-state index in [2.05, 4.69) is 15.2 Å². The summed E-state index contributed by atoms with van der Waals surface area (Å²) in [6.45, 7) is 7.17. The molecule has 1 aromatic heterocycles. The second-order valence-electron chi connectivity index (χ2n) is 6.51. The number of amides is 2. The summed E-state index contributed by atoms with van der Waals surface area (Å²) in [5.74, 6) is 1.12. The van der Waals surface area contributed by atoms with Crippen LogP contribution in [0.25, 0.3) is 0 Å². The number of likely N-dealkylation sites (tertiary alicyclic amines) is 1. The zero-order valence-corrected chi connectivity index (χ0v) is 18.1. The molecule has 2 amide bonds. The van der Waals surface area contributed by atoms with Gasteiger partial charge in [0.25, 0.3) is 5.91 Å². The van der Waals surface area contributed by atoms with Crippen LogP contribution in [-0.2, 0) is 4.79 Å². The van der Waals surface area contributed by atoms with Crippen molar-refractivity contribution in [1.82, 2.24) is 20.0 Å². The average molecular weight is 489 g/mol. The highest BCUT2D eigenvalue weighted by atomic mass is 127. The van der Waals surface area contributed by atoms with Crippen molar-refractivity contribution in [3.05, 3.63) is 24.2 Å². The predicted molar refractivity (Wildman–Crippen MR) is 113 cm³/mol. The second kappa shape index (κ2) is 10.5. The van der Waals surface area contributed by atoms with Gasteiger partial charge in [-0.15, -0.1) is 24.0 Å². The summed E-state index contributed by atoms with van der Waals surface area (Å²) < 4.78 is 5.19. The summed E-state index contributed by atoms with van der Waals surface area (Å²) in [6, 6.07) is 3.40. The van der Waals surface area contributed by atoms with Crippen LogP contribution in [-0.4, -0.2) is 84.8 Å². The van der Waals surface area contributed by atoms with Gasteiger partial charge in [0.1, 0.15) is 6.54 Å². The van der Waals surface area contributed by atoms with Gasteiger partial charge < -0.3 is 24.4 Å². The Hall–Kier alpha value is -1.78. The van der Waals surface area contributed by atoms with Gasteiger partial charge in [-0.2, -0.15) is 0 Å². The molecule has 0 spiro atoms. The van der Waals surface area contributed by atoms with E-state index in [1.807, 2.05) is 11.8 Å². The zero-order valence-electron chi connectivity index (χ0n) is 15.7. The zero-order chi connectivity index (χ0) is 18.4. The lowest BCUT2D eigenvalue weighted by molar-refractivity contribution is -0.128. The standard InChI is InChI=1S/C18H27N5O3.HI/c1-2-19-18(20-14-16(24)21-7-3-4-8-21)23-11-9-22(10-12-23)17(25)15-6-5-13-26-15;/h5-6,13H,2-4,7-12,14H2,1H3,(H,19,20);1H. The monoisotopic (exact) mass is 489 g/mol. The maximum atomic E-state index is 12.3. The van der Waals surface area contributed by atoms with Gasteiger partial charge in [0, 0.05) is 45.8 Å². The fraction of sp³-hybridized carbons (Fsp3) is 0.611. The first-order valence-electron chi connectivity index (χ1n) is 9.33. The summed E-state index contributed by atoms with van der Waals surface area (Å²) in [5, 5.41) is 3.25. The summed E-state index contributed by atoms with van der Waals surface area (Å²) in [5.41, 5.74) is 0. The molecule has 3 rings (SSSR count). The summed E-state index contributed by atoms with van der Waals surface area (Å²) in [6.07, 6.45) is 3.68. The Morgan fingerprint density at radius 3 is 2.33 bits per heavy atom. The Bertz CT molecular complexity index is 635. The molecule has 3 heterocycles.